The molecular weight excluding hydrogens is 320 g/mol. The summed E-state index contributed by atoms with van der Waals surface area (Å²) in [7, 11) is -1.10. The number of benzene rings is 1. The first-order valence-corrected chi connectivity index (χ1v) is 7.90. The number of hydrogen-bond donors (Lipinski definition) is 1. The number of halogens is 1. The van der Waals surface area contributed by atoms with Crippen LogP contribution in [0.15, 0.2) is 32.9 Å². The van der Waals surface area contributed by atoms with Crippen LogP contribution in [0.4, 0.5) is 5.69 Å². The fraction of sp³-hybridized carbons (Fsp3) is 0.182. The summed E-state index contributed by atoms with van der Waals surface area (Å²) >= 11 is 4.95. The van der Waals surface area contributed by atoms with Crippen molar-refractivity contribution >= 4 is 43.8 Å². The van der Waals surface area contributed by atoms with Crippen LogP contribution in [0.2, 0.25) is 0 Å². The molecule has 0 radical (unpaired) electrons. The van der Waals surface area contributed by atoms with Gasteiger partial charge in [0.15, 0.2) is 0 Å². The van der Waals surface area contributed by atoms with Crippen molar-refractivity contribution < 1.29 is 4.21 Å². The lowest BCUT2D eigenvalue weighted by molar-refractivity contribution is 0.682. The van der Waals surface area contributed by atoms with E-state index in [1.54, 1.807) is 29.5 Å². The van der Waals surface area contributed by atoms with Crippen LogP contribution in [0, 0.1) is 6.92 Å². The third kappa shape index (κ3) is 3.14. The molecule has 1 aromatic carbocycles. The third-order valence-electron chi connectivity index (χ3n) is 2.15. The molecule has 0 aliphatic rings. The van der Waals surface area contributed by atoms with E-state index in [-0.39, 0.29) is 0 Å². The van der Waals surface area contributed by atoms with Gasteiger partial charge in [0.25, 0.3) is 0 Å². The Morgan fingerprint density at radius 1 is 1.53 bits per heavy atom. The van der Waals surface area contributed by atoms with Crippen molar-refractivity contribution in [3.63, 3.8) is 0 Å². The molecule has 2 rings (SSSR count). The number of aromatic nitrogens is 1. The molecular formula is C11H11BrN2OS2. The van der Waals surface area contributed by atoms with Crippen molar-refractivity contribution in [3.05, 3.63) is 38.8 Å². The van der Waals surface area contributed by atoms with Crippen LogP contribution < -0.4 is 5.73 Å². The Hall–Kier alpha value is -0.720. The number of rotatable bonds is 3. The highest BCUT2D eigenvalue weighted by molar-refractivity contribution is 9.10. The third-order valence-corrected chi connectivity index (χ3v) is 5.29. The van der Waals surface area contributed by atoms with E-state index in [1.165, 1.54) is 0 Å². The van der Waals surface area contributed by atoms with Gasteiger partial charge in [0.1, 0.15) is 0 Å². The quantitative estimate of drug-likeness (QED) is 0.880. The van der Waals surface area contributed by atoms with Gasteiger partial charge in [-0.3, -0.25) is 4.21 Å². The van der Waals surface area contributed by atoms with E-state index in [2.05, 4.69) is 20.9 Å². The summed E-state index contributed by atoms with van der Waals surface area (Å²) in [6.45, 7) is 1.94. The highest BCUT2D eigenvalue weighted by atomic mass is 79.9. The van der Waals surface area contributed by atoms with Crippen LogP contribution in [-0.2, 0) is 16.6 Å². The summed E-state index contributed by atoms with van der Waals surface area (Å²) in [6.07, 6.45) is 0. The second-order valence-corrected chi connectivity index (χ2v) is 6.87. The number of nitrogens with two attached hydrogens (primary N) is 1. The van der Waals surface area contributed by atoms with Crippen molar-refractivity contribution in [3.8, 4) is 0 Å². The van der Waals surface area contributed by atoms with Crippen LogP contribution in [0.25, 0.3) is 0 Å². The SMILES string of the molecule is Cc1nc(CS(=O)c2ccc(N)cc2Br)cs1. The van der Waals surface area contributed by atoms with Crippen LogP contribution in [0.3, 0.4) is 0 Å². The van der Waals surface area contributed by atoms with Gasteiger partial charge in [-0.15, -0.1) is 11.3 Å². The van der Waals surface area contributed by atoms with Gasteiger partial charge in [-0.2, -0.15) is 0 Å². The molecule has 0 aliphatic carbocycles. The molecule has 2 aromatic rings. The van der Waals surface area contributed by atoms with Crippen molar-refractivity contribution in [1.29, 1.82) is 0 Å². The number of thiazole rings is 1. The first-order chi connectivity index (χ1) is 8.06. The largest absolute Gasteiger partial charge is 0.399 e. The molecule has 1 heterocycles. The predicted octanol–water partition coefficient (Wildman–Crippen LogP) is 3.10. The average molecular weight is 331 g/mol. The number of nitrogens with zero attached hydrogens (tertiary/aromatic N) is 1. The Morgan fingerprint density at radius 2 is 2.29 bits per heavy atom. The lowest BCUT2D eigenvalue weighted by Crippen LogP contribution is -1.98. The Labute approximate surface area is 115 Å². The Morgan fingerprint density at radius 3 is 2.88 bits per heavy atom. The maximum atomic E-state index is 12.2. The molecule has 0 amide bonds. The first kappa shape index (κ1) is 12.7. The van der Waals surface area contributed by atoms with Crippen LogP contribution >= 0.6 is 27.3 Å². The normalized spacial score (nSPS) is 12.6. The topological polar surface area (TPSA) is 56.0 Å². The first-order valence-electron chi connectivity index (χ1n) is 4.90. The van der Waals surface area contributed by atoms with E-state index in [0.717, 1.165) is 20.1 Å². The van der Waals surface area contributed by atoms with Gasteiger partial charge < -0.3 is 5.73 Å². The van der Waals surface area contributed by atoms with Gasteiger partial charge in [-0.25, -0.2) is 4.98 Å². The fourth-order valence-corrected chi connectivity index (χ4v) is 4.11. The molecule has 3 nitrogen and oxygen atoms in total. The van der Waals surface area contributed by atoms with Gasteiger partial charge in [0.05, 0.1) is 32.1 Å². The minimum Gasteiger partial charge on any atom is -0.399 e. The second kappa shape index (κ2) is 5.29. The second-order valence-electron chi connectivity index (χ2n) is 3.54. The molecule has 0 spiro atoms. The van der Waals surface area contributed by atoms with E-state index in [4.69, 9.17) is 5.73 Å². The van der Waals surface area contributed by atoms with E-state index < -0.39 is 10.8 Å². The summed E-state index contributed by atoms with van der Waals surface area (Å²) in [6, 6.07) is 5.30. The Bertz CT molecular complexity index is 568. The number of hydrogen-bond acceptors (Lipinski definition) is 4. The summed E-state index contributed by atoms with van der Waals surface area (Å²) in [4.78, 5) is 5.06. The van der Waals surface area contributed by atoms with Crippen LogP contribution in [-0.4, -0.2) is 9.19 Å². The molecule has 0 bridgehead atoms. The summed E-state index contributed by atoms with van der Waals surface area (Å²) < 4.78 is 12.9. The van der Waals surface area contributed by atoms with Crippen LogP contribution in [0.1, 0.15) is 10.7 Å². The van der Waals surface area contributed by atoms with Gasteiger partial charge in [-0.1, -0.05) is 0 Å². The molecule has 1 unspecified atom stereocenters. The molecule has 2 N–H and O–H groups in total. The summed E-state index contributed by atoms with van der Waals surface area (Å²) in [5.41, 5.74) is 7.17. The van der Waals surface area contributed by atoms with Crippen molar-refractivity contribution in [2.24, 2.45) is 0 Å². The number of anilines is 1. The molecule has 0 saturated heterocycles. The number of aryl methyl sites for hydroxylation is 1. The molecule has 17 heavy (non-hydrogen) atoms. The number of nitrogen functional groups attached to an aromatic ring is 1. The fourth-order valence-electron chi connectivity index (χ4n) is 1.39. The van der Waals surface area contributed by atoms with Gasteiger partial charge in [0.2, 0.25) is 0 Å². The zero-order chi connectivity index (χ0) is 12.4. The molecule has 0 aliphatic heterocycles. The van der Waals surface area contributed by atoms with Crippen molar-refractivity contribution in [2.45, 2.75) is 17.6 Å². The average Bonchev–Trinajstić information content (AvgIpc) is 2.63. The van der Waals surface area contributed by atoms with Crippen molar-refractivity contribution in [2.75, 3.05) is 5.73 Å². The maximum absolute atomic E-state index is 12.2. The molecule has 1 aromatic heterocycles. The molecule has 0 fully saturated rings. The molecule has 6 heteroatoms. The highest BCUT2D eigenvalue weighted by Crippen LogP contribution is 2.24. The molecule has 90 valence electrons. The molecule has 1 atom stereocenters. The predicted molar refractivity (Wildman–Crippen MR) is 75.5 cm³/mol. The minimum absolute atomic E-state index is 0.437. The Balaban J connectivity index is 2.20. The zero-order valence-electron chi connectivity index (χ0n) is 9.14. The monoisotopic (exact) mass is 330 g/mol. The van der Waals surface area contributed by atoms with Gasteiger partial charge in [-0.05, 0) is 41.1 Å². The molecule has 0 saturated carbocycles. The van der Waals surface area contributed by atoms with Crippen LogP contribution in [0.5, 0.6) is 0 Å². The minimum atomic E-state index is -1.10. The van der Waals surface area contributed by atoms with E-state index in [0.29, 0.717) is 11.4 Å². The van der Waals surface area contributed by atoms with Gasteiger partial charge >= 0.3 is 0 Å². The van der Waals surface area contributed by atoms with E-state index in [1.807, 2.05) is 12.3 Å². The summed E-state index contributed by atoms with van der Waals surface area (Å²) in [5.74, 6) is 0.437. The lowest BCUT2D eigenvalue weighted by Gasteiger charge is -2.04. The van der Waals surface area contributed by atoms with Gasteiger partial charge in [0, 0.05) is 15.5 Å². The maximum Gasteiger partial charge on any atom is 0.0897 e. The van der Waals surface area contributed by atoms with E-state index >= 15 is 0 Å². The van der Waals surface area contributed by atoms with E-state index in [9.17, 15) is 4.21 Å². The van der Waals surface area contributed by atoms with Crippen molar-refractivity contribution in [1.82, 2.24) is 4.98 Å². The highest BCUT2D eigenvalue weighted by Gasteiger charge is 2.11. The smallest absolute Gasteiger partial charge is 0.0897 e. The zero-order valence-corrected chi connectivity index (χ0v) is 12.4. The summed E-state index contributed by atoms with van der Waals surface area (Å²) in [5, 5.41) is 2.94. The standard InChI is InChI=1S/C11H11BrN2OS2/c1-7-14-9(5-16-7)6-17(15)11-3-2-8(13)4-10(11)12/h2-5H,6,13H2,1H3. The lowest BCUT2D eigenvalue weighted by atomic mass is 10.3. The Kier molecular flexibility index (Phi) is 3.96.